The number of carbonyl (C=O) groups is 2. The van der Waals surface area contributed by atoms with Crippen LogP contribution in [-0.2, 0) is 9.59 Å². The second-order valence-electron chi connectivity index (χ2n) is 4.56. The maximum Gasteiger partial charge on any atom is 0.197 e. The summed E-state index contributed by atoms with van der Waals surface area (Å²) in [6, 6.07) is 3.93. The number of carbonyl (C=O) groups excluding carboxylic acids is 2. The number of imidazole rings is 1. The van der Waals surface area contributed by atoms with Crippen molar-refractivity contribution in [2.75, 3.05) is 0 Å². The number of fused-ring (bicyclic) bond motifs is 1. The van der Waals surface area contributed by atoms with Crippen molar-refractivity contribution < 1.29 is 9.59 Å². The number of rotatable bonds is 4. The van der Waals surface area contributed by atoms with Gasteiger partial charge >= 0.3 is 0 Å². The van der Waals surface area contributed by atoms with Crippen LogP contribution in [0.5, 0.6) is 0 Å². The highest BCUT2D eigenvalue weighted by molar-refractivity contribution is 7.97. The molecule has 1 unspecified atom stereocenters. The van der Waals surface area contributed by atoms with E-state index in [9.17, 15) is 9.59 Å². The van der Waals surface area contributed by atoms with E-state index in [2.05, 4.69) is 35.2 Å². The molecule has 1 aromatic heterocycles. The molecule has 0 bridgehead atoms. The Morgan fingerprint density at radius 1 is 1.26 bits per heavy atom. The molecule has 0 aliphatic heterocycles. The van der Waals surface area contributed by atoms with E-state index >= 15 is 0 Å². The largest absolute Gasteiger partial charge is 0.341 e. The van der Waals surface area contributed by atoms with Gasteiger partial charge in [0.05, 0.1) is 17.0 Å². The average molecular weight is 294 g/mol. The summed E-state index contributed by atoms with van der Waals surface area (Å²) in [6.07, 6.45) is -0.0107. The van der Waals surface area contributed by atoms with Gasteiger partial charge in [-0.05, 0) is 37.1 Å². The number of nitrogens with zero attached hydrogens (tertiary/aromatic N) is 1. The normalized spacial score (nSPS) is 12.6. The first-order valence-electron chi connectivity index (χ1n) is 5.80. The number of H-pyrrole nitrogens is 1. The van der Waals surface area contributed by atoms with Crippen molar-refractivity contribution in [1.82, 2.24) is 9.97 Å². The van der Waals surface area contributed by atoms with Crippen LogP contribution in [0.1, 0.15) is 29.3 Å². The lowest BCUT2D eigenvalue weighted by atomic mass is 10.1. The molecule has 4 nitrogen and oxygen atoms in total. The molecule has 0 amide bonds. The highest BCUT2D eigenvalue weighted by atomic mass is 32.1. The average Bonchev–Trinajstić information content (AvgIpc) is 2.68. The second-order valence-corrected chi connectivity index (χ2v) is 5.50. The molecule has 1 atom stereocenters. The first-order valence-corrected chi connectivity index (χ1v) is 6.69. The van der Waals surface area contributed by atoms with E-state index in [1.165, 1.54) is 0 Å². The van der Waals surface area contributed by atoms with Gasteiger partial charge in [-0.3, -0.25) is 9.59 Å². The van der Waals surface area contributed by atoms with Gasteiger partial charge < -0.3 is 4.98 Å². The summed E-state index contributed by atoms with van der Waals surface area (Å²) in [4.78, 5) is 30.1. The third kappa shape index (κ3) is 3.01. The van der Waals surface area contributed by atoms with Crippen molar-refractivity contribution in [1.29, 1.82) is 0 Å². The van der Waals surface area contributed by atoms with E-state index in [0.29, 0.717) is 5.82 Å². The number of aromatic amines is 1. The van der Waals surface area contributed by atoms with Crippen LogP contribution < -0.4 is 0 Å². The number of hydrogen-bond acceptors (Lipinski definition) is 3. The molecular formula is C13H14N2O2S2. The first-order chi connectivity index (χ1) is 8.88. The summed E-state index contributed by atoms with van der Waals surface area (Å²) in [6.45, 7) is 4.01. The maximum absolute atomic E-state index is 11.5. The van der Waals surface area contributed by atoms with Crippen molar-refractivity contribution in [3.63, 3.8) is 0 Å². The number of thiol groups is 2. The fourth-order valence-electron chi connectivity index (χ4n) is 1.93. The van der Waals surface area contributed by atoms with E-state index in [1.54, 1.807) is 0 Å². The lowest BCUT2D eigenvalue weighted by Gasteiger charge is -2.06. The maximum atomic E-state index is 11.5. The number of aromatic nitrogens is 2. The van der Waals surface area contributed by atoms with E-state index in [-0.39, 0.29) is 11.5 Å². The predicted octanol–water partition coefficient (Wildman–Crippen LogP) is 2.57. The Balaban J connectivity index is 2.49. The van der Waals surface area contributed by atoms with Gasteiger partial charge in [0.1, 0.15) is 5.82 Å². The van der Waals surface area contributed by atoms with Crippen molar-refractivity contribution in [2.24, 2.45) is 0 Å². The SMILES string of the molecule is Cc1cc2nc(C(CC(=O)S)C(=O)S)[nH]c2cc1C. The molecular weight excluding hydrogens is 280 g/mol. The van der Waals surface area contributed by atoms with E-state index in [1.807, 2.05) is 26.0 Å². The molecule has 0 radical (unpaired) electrons. The molecule has 1 aromatic carbocycles. The lowest BCUT2D eigenvalue weighted by Crippen LogP contribution is -2.11. The molecule has 0 saturated heterocycles. The Morgan fingerprint density at radius 3 is 2.47 bits per heavy atom. The number of nitrogens with one attached hydrogen (secondary N) is 1. The van der Waals surface area contributed by atoms with Crippen LogP contribution in [0.4, 0.5) is 0 Å². The van der Waals surface area contributed by atoms with Gasteiger partial charge in [-0.2, -0.15) is 0 Å². The van der Waals surface area contributed by atoms with Crippen molar-refractivity contribution in [2.45, 2.75) is 26.2 Å². The summed E-state index contributed by atoms with van der Waals surface area (Å²) >= 11 is 7.53. The Bertz CT molecular complexity index is 625. The number of aryl methyl sites for hydroxylation is 2. The summed E-state index contributed by atoms with van der Waals surface area (Å²) in [5.74, 6) is -0.219. The van der Waals surface area contributed by atoms with Crippen LogP contribution in [-0.4, -0.2) is 20.2 Å². The Labute approximate surface area is 121 Å². The van der Waals surface area contributed by atoms with E-state index in [0.717, 1.165) is 22.2 Å². The molecule has 1 N–H and O–H groups in total. The highest BCUT2D eigenvalue weighted by Gasteiger charge is 2.23. The zero-order valence-corrected chi connectivity index (χ0v) is 12.4. The molecule has 0 aliphatic carbocycles. The summed E-state index contributed by atoms with van der Waals surface area (Å²) < 4.78 is 0. The molecule has 100 valence electrons. The molecule has 2 rings (SSSR count). The lowest BCUT2D eigenvalue weighted by molar-refractivity contribution is -0.116. The standard InChI is InChI=1S/C13H14N2O2S2/c1-6-3-9-10(4-7(6)2)15-12(14-9)8(13(17)19)5-11(16)18/h3-4,8H,5H2,1-2H3,(H,14,15)(H,16,18)(H,17,19). The number of hydrogen-bond donors (Lipinski definition) is 3. The minimum Gasteiger partial charge on any atom is -0.341 e. The van der Waals surface area contributed by atoms with Gasteiger partial charge in [0.2, 0.25) is 0 Å². The topological polar surface area (TPSA) is 62.8 Å². The van der Waals surface area contributed by atoms with Crippen molar-refractivity contribution >= 4 is 46.5 Å². The number of benzene rings is 1. The summed E-state index contributed by atoms with van der Waals surface area (Å²) in [5, 5.41) is -0.755. The zero-order valence-electron chi connectivity index (χ0n) is 10.6. The van der Waals surface area contributed by atoms with Gasteiger partial charge in [-0.15, -0.1) is 25.3 Å². The van der Waals surface area contributed by atoms with Crippen LogP contribution in [0.15, 0.2) is 12.1 Å². The van der Waals surface area contributed by atoms with Crippen LogP contribution >= 0.6 is 25.3 Å². The minimum atomic E-state index is -0.679. The van der Waals surface area contributed by atoms with Crippen LogP contribution in [0.2, 0.25) is 0 Å². The monoisotopic (exact) mass is 294 g/mol. The van der Waals surface area contributed by atoms with Gasteiger partial charge in [0, 0.05) is 6.42 Å². The summed E-state index contributed by atoms with van der Waals surface area (Å²) in [5.41, 5.74) is 3.90. The van der Waals surface area contributed by atoms with Crippen molar-refractivity contribution in [3.05, 3.63) is 29.1 Å². The molecule has 6 heteroatoms. The Morgan fingerprint density at radius 2 is 1.89 bits per heavy atom. The fourth-order valence-corrected chi connectivity index (χ4v) is 2.33. The second kappa shape index (κ2) is 5.38. The van der Waals surface area contributed by atoms with Crippen LogP contribution in [0.3, 0.4) is 0 Å². The zero-order chi connectivity index (χ0) is 14.2. The third-order valence-electron chi connectivity index (χ3n) is 3.12. The molecule has 0 saturated carbocycles. The van der Waals surface area contributed by atoms with Gasteiger partial charge in [0.25, 0.3) is 0 Å². The first kappa shape index (κ1) is 14.1. The van der Waals surface area contributed by atoms with Gasteiger partial charge in [-0.25, -0.2) is 4.98 Å². The molecule has 19 heavy (non-hydrogen) atoms. The fraction of sp³-hybridized carbons (Fsp3) is 0.308. The van der Waals surface area contributed by atoms with Gasteiger partial charge in [0.15, 0.2) is 10.2 Å². The molecule has 0 aliphatic rings. The minimum absolute atomic E-state index is 0.0107. The molecule has 1 heterocycles. The van der Waals surface area contributed by atoms with Crippen LogP contribution in [0, 0.1) is 13.8 Å². The smallest absolute Gasteiger partial charge is 0.197 e. The van der Waals surface area contributed by atoms with Crippen LogP contribution in [0.25, 0.3) is 11.0 Å². The van der Waals surface area contributed by atoms with Crippen molar-refractivity contribution in [3.8, 4) is 0 Å². The summed E-state index contributed by atoms with van der Waals surface area (Å²) in [7, 11) is 0. The molecule has 0 spiro atoms. The Kier molecular flexibility index (Phi) is 4.01. The predicted molar refractivity (Wildman–Crippen MR) is 80.9 cm³/mol. The van der Waals surface area contributed by atoms with E-state index < -0.39 is 11.0 Å². The van der Waals surface area contributed by atoms with E-state index in [4.69, 9.17) is 0 Å². The quantitative estimate of drug-likeness (QED) is 0.759. The third-order valence-corrected chi connectivity index (χ3v) is 3.62. The Hall–Kier alpha value is -1.27. The molecule has 2 aromatic rings. The van der Waals surface area contributed by atoms with Gasteiger partial charge in [-0.1, -0.05) is 0 Å². The highest BCUT2D eigenvalue weighted by Crippen LogP contribution is 2.25. The molecule has 0 fully saturated rings.